The van der Waals surface area contributed by atoms with E-state index in [1.165, 1.54) is 22.0 Å². The highest BCUT2D eigenvalue weighted by Gasteiger charge is 2.09. The maximum atomic E-state index is 11.4. The molecule has 4 heteroatoms. The van der Waals surface area contributed by atoms with E-state index in [9.17, 15) is 9.90 Å². The lowest BCUT2D eigenvalue weighted by molar-refractivity contribution is 0.0696. The van der Waals surface area contributed by atoms with Crippen LogP contribution in [0, 0.1) is 0 Å². The summed E-state index contributed by atoms with van der Waals surface area (Å²) in [6, 6.07) is 35.1. The van der Waals surface area contributed by atoms with Gasteiger partial charge in [0, 0.05) is 36.5 Å². The molecule has 0 saturated carbocycles. The van der Waals surface area contributed by atoms with Crippen LogP contribution in [0.4, 0.5) is 0 Å². The van der Waals surface area contributed by atoms with E-state index in [1.807, 2.05) is 12.1 Å². The quantitative estimate of drug-likeness (QED) is 0.292. The summed E-state index contributed by atoms with van der Waals surface area (Å²) in [5.41, 5.74) is 7.23. The molecular weight excluding hydrogens is 432 g/mol. The second kappa shape index (κ2) is 8.65. The van der Waals surface area contributed by atoms with Gasteiger partial charge in [-0.3, -0.25) is 0 Å². The van der Waals surface area contributed by atoms with E-state index in [4.69, 9.17) is 0 Å². The minimum Gasteiger partial charge on any atom is -0.478 e. The van der Waals surface area contributed by atoms with Gasteiger partial charge in [0.1, 0.15) is 0 Å². The lowest BCUT2D eigenvalue weighted by Gasteiger charge is -2.10. The zero-order valence-corrected chi connectivity index (χ0v) is 19.1. The van der Waals surface area contributed by atoms with Gasteiger partial charge in [-0.05, 0) is 69.4 Å². The number of hydrogen-bond acceptors (Lipinski definition) is 1. The lowest BCUT2D eigenvalue weighted by Crippen LogP contribution is -2.01. The van der Waals surface area contributed by atoms with E-state index >= 15 is 0 Å². The van der Waals surface area contributed by atoms with Gasteiger partial charge in [0.05, 0.1) is 5.56 Å². The monoisotopic (exact) mass is 456 g/mol. The number of carbonyl (C=O) groups is 1. The molecule has 2 aromatic heterocycles. The third-order valence-electron chi connectivity index (χ3n) is 6.60. The van der Waals surface area contributed by atoms with E-state index in [0.717, 1.165) is 28.6 Å². The minimum absolute atomic E-state index is 0.312. The predicted octanol–water partition coefficient (Wildman–Crippen LogP) is 7.06. The van der Waals surface area contributed by atoms with Crippen molar-refractivity contribution in [3.63, 3.8) is 0 Å². The Labute approximate surface area is 203 Å². The van der Waals surface area contributed by atoms with E-state index in [-0.39, 0.29) is 0 Å². The van der Waals surface area contributed by atoms with Crippen molar-refractivity contribution in [3.05, 3.63) is 132 Å². The van der Waals surface area contributed by atoms with Crippen LogP contribution in [0.15, 0.2) is 116 Å². The van der Waals surface area contributed by atoms with Crippen molar-refractivity contribution >= 4 is 27.8 Å². The van der Waals surface area contributed by atoms with Gasteiger partial charge in [-0.15, -0.1) is 0 Å². The Kier molecular flexibility index (Phi) is 5.19. The zero-order chi connectivity index (χ0) is 23.8. The summed E-state index contributed by atoms with van der Waals surface area (Å²) in [5.74, 6) is -0.904. The highest BCUT2D eigenvalue weighted by Crippen LogP contribution is 2.29. The predicted molar refractivity (Wildman–Crippen MR) is 141 cm³/mol. The molecular formula is C31H24N2O2. The maximum Gasteiger partial charge on any atom is 0.335 e. The summed E-state index contributed by atoms with van der Waals surface area (Å²) < 4.78 is 4.47. The Morgan fingerprint density at radius 3 is 1.77 bits per heavy atom. The molecule has 0 spiro atoms. The molecule has 0 aliphatic rings. The molecule has 0 bridgehead atoms. The first-order chi connectivity index (χ1) is 17.1. The molecule has 4 aromatic carbocycles. The zero-order valence-electron chi connectivity index (χ0n) is 19.1. The van der Waals surface area contributed by atoms with Crippen LogP contribution >= 0.6 is 0 Å². The molecule has 0 saturated heterocycles. The SMILES string of the molecule is O=C(O)c1cccc(Cn2ccc3ccc(-c4ccc5ccn(Cc6ccccc6)c5c4)cc32)c1. The van der Waals surface area contributed by atoms with Gasteiger partial charge in [0.25, 0.3) is 0 Å². The van der Waals surface area contributed by atoms with Crippen LogP contribution in [-0.2, 0) is 13.1 Å². The fourth-order valence-corrected chi connectivity index (χ4v) is 4.78. The van der Waals surface area contributed by atoms with Gasteiger partial charge in [-0.2, -0.15) is 0 Å². The third kappa shape index (κ3) is 4.11. The number of benzene rings is 4. The van der Waals surface area contributed by atoms with Gasteiger partial charge in [-0.1, -0.05) is 66.7 Å². The number of hydrogen-bond donors (Lipinski definition) is 1. The van der Waals surface area contributed by atoms with Crippen LogP contribution < -0.4 is 0 Å². The molecule has 35 heavy (non-hydrogen) atoms. The molecule has 0 unspecified atom stereocenters. The van der Waals surface area contributed by atoms with Gasteiger partial charge in [0.2, 0.25) is 0 Å². The van der Waals surface area contributed by atoms with Crippen LogP contribution in [0.5, 0.6) is 0 Å². The van der Waals surface area contributed by atoms with Crippen molar-refractivity contribution in [3.8, 4) is 11.1 Å². The minimum atomic E-state index is -0.904. The number of aromatic carboxylic acids is 1. The highest BCUT2D eigenvalue weighted by atomic mass is 16.4. The van der Waals surface area contributed by atoms with Crippen molar-refractivity contribution < 1.29 is 9.90 Å². The average Bonchev–Trinajstić information content (AvgIpc) is 3.48. The lowest BCUT2D eigenvalue weighted by atomic mass is 10.0. The third-order valence-corrected chi connectivity index (χ3v) is 6.60. The smallest absolute Gasteiger partial charge is 0.335 e. The first kappa shape index (κ1) is 21.0. The van der Waals surface area contributed by atoms with Crippen molar-refractivity contribution in [2.45, 2.75) is 13.1 Å². The van der Waals surface area contributed by atoms with Crippen molar-refractivity contribution in [1.29, 1.82) is 0 Å². The Hall–Kier alpha value is -4.57. The standard InChI is InChI=1S/C31H24N2O2/c34-31(35)28-8-4-7-23(17-28)21-33-16-14-25-10-12-27(19-30(25)33)26-11-9-24-13-15-32(29(24)18-26)20-22-5-2-1-3-6-22/h1-19H,20-21H2,(H,34,35). The summed E-state index contributed by atoms with van der Waals surface area (Å²) in [4.78, 5) is 11.4. The van der Waals surface area contributed by atoms with Crippen LogP contribution in [0.25, 0.3) is 32.9 Å². The first-order valence-electron chi connectivity index (χ1n) is 11.7. The van der Waals surface area contributed by atoms with Crippen LogP contribution in [0.1, 0.15) is 21.5 Å². The molecule has 1 N–H and O–H groups in total. The second-order valence-electron chi connectivity index (χ2n) is 8.93. The van der Waals surface area contributed by atoms with Crippen molar-refractivity contribution in [2.24, 2.45) is 0 Å². The topological polar surface area (TPSA) is 47.2 Å². The fraction of sp³-hybridized carbons (Fsp3) is 0.0645. The largest absolute Gasteiger partial charge is 0.478 e. The number of rotatable bonds is 6. The number of carboxylic acids is 1. The van der Waals surface area contributed by atoms with Gasteiger partial charge in [0.15, 0.2) is 0 Å². The fourth-order valence-electron chi connectivity index (χ4n) is 4.78. The van der Waals surface area contributed by atoms with E-state index < -0.39 is 5.97 Å². The van der Waals surface area contributed by atoms with Crippen molar-refractivity contribution in [2.75, 3.05) is 0 Å². The van der Waals surface area contributed by atoms with E-state index in [1.54, 1.807) is 18.2 Å². The van der Waals surface area contributed by atoms with Crippen LogP contribution in [0.2, 0.25) is 0 Å². The van der Waals surface area contributed by atoms with Gasteiger partial charge >= 0.3 is 5.97 Å². The molecule has 0 amide bonds. The molecule has 2 heterocycles. The number of aromatic nitrogens is 2. The molecule has 0 aliphatic carbocycles. The molecule has 0 fully saturated rings. The Morgan fingerprint density at radius 2 is 1.17 bits per heavy atom. The van der Waals surface area contributed by atoms with Gasteiger partial charge < -0.3 is 14.2 Å². The van der Waals surface area contributed by atoms with Crippen molar-refractivity contribution in [1.82, 2.24) is 9.13 Å². The molecule has 6 aromatic rings. The molecule has 0 atom stereocenters. The normalized spacial score (nSPS) is 11.3. The summed E-state index contributed by atoms with van der Waals surface area (Å²) in [5, 5.41) is 11.7. The maximum absolute atomic E-state index is 11.4. The van der Waals surface area contributed by atoms with Crippen LogP contribution in [-0.4, -0.2) is 20.2 Å². The number of fused-ring (bicyclic) bond motifs is 2. The average molecular weight is 457 g/mol. The number of carboxylic acid groups (broad SMARTS) is 1. The Morgan fingerprint density at radius 1 is 0.600 bits per heavy atom. The summed E-state index contributed by atoms with van der Waals surface area (Å²) in [7, 11) is 0. The summed E-state index contributed by atoms with van der Waals surface area (Å²) in [6.45, 7) is 1.46. The van der Waals surface area contributed by atoms with E-state index in [2.05, 4.69) is 94.3 Å². The summed E-state index contributed by atoms with van der Waals surface area (Å²) in [6.07, 6.45) is 4.22. The second-order valence-corrected chi connectivity index (χ2v) is 8.93. The molecule has 0 aliphatic heterocycles. The molecule has 0 radical (unpaired) electrons. The Balaban J connectivity index is 1.35. The molecule has 4 nitrogen and oxygen atoms in total. The van der Waals surface area contributed by atoms with E-state index in [0.29, 0.717) is 12.1 Å². The number of nitrogens with zero attached hydrogens (tertiary/aromatic N) is 2. The summed E-state index contributed by atoms with van der Waals surface area (Å²) >= 11 is 0. The van der Waals surface area contributed by atoms with Crippen LogP contribution in [0.3, 0.4) is 0 Å². The molecule has 6 rings (SSSR count). The highest BCUT2D eigenvalue weighted by molar-refractivity contribution is 5.90. The Bertz CT molecular complexity index is 1680. The van der Waals surface area contributed by atoms with Gasteiger partial charge in [-0.25, -0.2) is 4.79 Å². The first-order valence-corrected chi connectivity index (χ1v) is 11.7. The molecule has 170 valence electrons.